The fourth-order valence-electron chi connectivity index (χ4n) is 4.40. The van der Waals surface area contributed by atoms with Crippen LogP contribution in [0.25, 0.3) is 11.3 Å². The second-order valence-corrected chi connectivity index (χ2v) is 9.05. The molecule has 12 heteroatoms. The quantitative estimate of drug-likeness (QED) is 0.385. The highest BCUT2D eigenvalue weighted by Gasteiger charge is 2.35. The van der Waals surface area contributed by atoms with Crippen LogP contribution in [0.3, 0.4) is 0 Å². The van der Waals surface area contributed by atoms with Crippen molar-refractivity contribution < 1.29 is 22.4 Å². The molecule has 1 aliphatic rings. The molecule has 36 heavy (non-hydrogen) atoms. The number of piperidine rings is 1. The number of halogens is 4. The number of hydrogen-bond donors (Lipinski definition) is 1. The summed E-state index contributed by atoms with van der Waals surface area (Å²) in [6.45, 7) is 2.49. The molecule has 1 aromatic carbocycles. The Hall–Kier alpha value is -3.54. The van der Waals surface area contributed by atoms with E-state index in [2.05, 4.69) is 9.97 Å². The lowest BCUT2D eigenvalue weighted by Gasteiger charge is -2.33. The van der Waals surface area contributed by atoms with Crippen molar-refractivity contribution in [3.05, 3.63) is 53.5 Å². The number of hydrogen-bond acceptors (Lipinski definition) is 7. The Morgan fingerprint density at radius 3 is 2.56 bits per heavy atom. The van der Waals surface area contributed by atoms with Gasteiger partial charge in [-0.15, -0.1) is 0 Å². The molecule has 0 aliphatic carbocycles. The number of nitrogen functional groups attached to an aromatic ring is 1. The van der Waals surface area contributed by atoms with Gasteiger partial charge in [-0.05, 0) is 45.1 Å². The van der Waals surface area contributed by atoms with Crippen LogP contribution in [0.1, 0.15) is 40.5 Å². The highest BCUT2D eigenvalue weighted by Crippen LogP contribution is 2.36. The Kier molecular flexibility index (Phi) is 7.25. The number of nitrogens with zero attached hydrogens (tertiary/aromatic N) is 6. The minimum Gasteiger partial charge on any atom is -0.383 e. The summed E-state index contributed by atoms with van der Waals surface area (Å²) in [5.41, 5.74) is 5.33. The molecule has 0 unspecified atom stereocenters. The highest BCUT2D eigenvalue weighted by molar-refractivity contribution is 5.88. The van der Waals surface area contributed by atoms with Crippen molar-refractivity contribution in [3.8, 4) is 11.3 Å². The average molecular weight is 506 g/mol. The number of benzene rings is 1. The van der Waals surface area contributed by atoms with Gasteiger partial charge in [0.15, 0.2) is 6.29 Å². The van der Waals surface area contributed by atoms with Gasteiger partial charge in [-0.3, -0.25) is 4.79 Å². The van der Waals surface area contributed by atoms with Crippen LogP contribution < -0.4 is 10.6 Å². The molecule has 0 bridgehead atoms. The fraction of sp³-hybridized carbons (Fsp3) is 0.417. The normalized spacial score (nSPS) is 15.0. The number of rotatable bonds is 7. The van der Waals surface area contributed by atoms with Crippen molar-refractivity contribution in [2.45, 2.75) is 31.5 Å². The third-order valence-electron chi connectivity index (χ3n) is 6.33. The van der Waals surface area contributed by atoms with Gasteiger partial charge in [-0.1, -0.05) is 0 Å². The minimum atomic E-state index is -4.80. The molecule has 0 spiro atoms. The number of alkyl halides is 3. The van der Waals surface area contributed by atoms with Gasteiger partial charge in [0, 0.05) is 43.9 Å². The standard InChI is InChI=1S/C24H27F4N7O/c1-33(2)9-10-35-12-20(16-3-4-19(25)18(11-16)24(26,27)28)32-22(35)15-5-7-34(8-6-15)23-17(13-36)21(29)30-14-31-23/h3-4,11-15H,5-10H2,1-2H3,(H2,29,30,31). The van der Waals surface area contributed by atoms with Crippen molar-refractivity contribution in [2.24, 2.45) is 0 Å². The first-order valence-electron chi connectivity index (χ1n) is 11.5. The van der Waals surface area contributed by atoms with Gasteiger partial charge in [0.1, 0.15) is 29.6 Å². The average Bonchev–Trinajstić information content (AvgIpc) is 3.26. The maximum absolute atomic E-state index is 13.8. The number of anilines is 2. The van der Waals surface area contributed by atoms with Crippen molar-refractivity contribution in [3.63, 3.8) is 0 Å². The first-order chi connectivity index (χ1) is 17.1. The van der Waals surface area contributed by atoms with E-state index in [9.17, 15) is 22.4 Å². The molecule has 1 aliphatic heterocycles. The van der Waals surface area contributed by atoms with Crippen LogP contribution in [0.5, 0.6) is 0 Å². The van der Waals surface area contributed by atoms with Gasteiger partial charge in [0.05, 0.1) is 16.8 Å². The van der Waals surface area contributed by atoms with Gasteiger partial charge >= 0.3 is 6.18 Å². The summed E-state index contributed by atoms with van der Waals surface area (Å²) in [4.78, 5) is 28.3. The molecule has 192 valence electrons. The van der Waals surface area contributed by atoms with Gasteiger partial charge < -0.3 is 20.1 Å². The Morgan fingerprint density at radius 2 is 1.92 bits per heavy atom. The molecule has 0 amide bonds. The van der Waals surface area contributed by atoms with Crippen LogP contribution in [0.4, 0.5) is 29.2 Å². The zero-order valence-corrected chi connectivity index (χ0v) is 20.0. The number of carbonyl (C=O) groups excluding carboxylic acids is 1. The van der Waals surface area contributed by atoms with Gasteiger partial charge in [-0.25, -0.2) is 19.3 Å². The number of aldehydes is 1. The van der Waals surface area contributed by atoms with E-state index in [0.717, 1.165) is 18.0 Å². The zero-order chi connectivity index (χ0) is 26.0. The molecule has 0 saturated carbocycles. The first-order valence-corrected chi connectivity index (χ1v) is 11.5. The van der Waals surface area contributed by atoms with Gasteiger partial charge in [0.2, 0.25) is 0 Å². The Balaban J connectivity index is 1.61. The van der Waals surface area contributed by atoms with Gasteiger partial charge in [-0.2, -0.15) is 13.2 Å². The van der Waals surface area contributed by atoms with E-state index in [4.69, 9.17) is 10.7 Å². The molecule has 2 N–H and O–H groups in total. The van der Waals surface area contributed by atoms with Crippen LogP contribution in [-0.4, -0.2) is 64.4 Å². The molecule has 0 radical (unpaired) electrons. The topological polar surface area (TPSA) is 93.2 Å². The fourth-order valence-corrected chi connectivity index (χ4v) is 4.40. The summed E-state index contributed by atoms with van der Waals surface area (Å²) in [6.07, 6.45) is 0.286. The van der Waals surface area contributed by atoms with E-state index in [0.29, 0.717) is 56.8 Å². The Bertz CT molecular complexity index is 1230. The van der Waals surface area contributed by atoms with Crippen LogP contribution in [0.2, 0.25) is 0 Å². The van der Waals surface area contributed by atoms with E-state index in [1.54, 1.807) is 6.20 Å². The smallest absolute Gasteiger partial charge is 0.383 e. The molecular weight excluding hydrogens is 478 g/mol. The lowest BCUT2D eigenvalue weighted by Crippen LogP contribution is -2.35. The maximum atomic E-state index is 13.8. The van der Waals surface area contributed by atoms with E-state index in [-0.39, 0.29) is 22.9 Å². The van der Waals surface area contributed by atoms with Gasteiger partial charge in [0.25, 0.3) is 0 Å². The largest absolute Gasteiger partial charge is 0.419 e. The summed E-state index contributed by atoms with van der Waals surface area (Å²) in [5, 5.41) is 0. The van der Waals surface area contributed by atoms with Crippen LogP contribution in [0.15, 0.2) is 30.7 Å². The number of aromatic nitrogens is 4. The number of imidazole rings is 1. The van der Waals surface area contributed by atoms with Crippen molar-refractivity contribution >= 4 is 17.9 Å². The molecular formula is C24H27F4N7O. The summed E-state index contributed by atoms with van der Waals surface area (Å²) in [7, 11) is 3.87. The van der Waals surface area contributed by atoms with Crippen LogP contribution >= 0.6 is 0 Å². The van der Waals surface area contributed by atoms with Crippen molar-refractivity contribution in [2.75, 3.05) is 44.4 Å². The van der Waals surface area contributed by atoms with E-state index < -0.39 is 17.6 Å². The third kappa shape index (κ3) is 5.32. The van der Waals surface area contributed by atoms with Crippen molar-refractivity contribution in [1.29, 1.82) is 0 Å². The molecule has 4 rings (SSSR count). The third-order valence-corrected chi connectivity index (χ3v) is 6.33. The SMILES string of the molecule is CN(C)CCn1cc(-c2ccc(F)c(C(F)(F)F)c2)nc1C1CCN(c2ncnc(N)c2C=O)CC1. The van der Waals surface area contributed by atoms with Crippen LogP contribution in [-0.2, 0) is 12.7 Å². The summed E-state index contributed by atoms with van der Waals surface area (Å²) in [5.74, 6) is 0.101. The lowest BCUT2D eigenvalue weighted by molar-refractivity contribution is -0.139. The maximum Gasteiger partial charge on any atom is 0.419 e. The zero-order valence-electron chi connectivity index (χ0n) is 20.0. The molecule has 0 atom stereocenters. The van der Waals surface area contributed by atoms with Crippen LogP contribution in [0, 0.1) is 5.82 Å². The Labute approximate surface area is 205 Å². The summed E-state index contributed by atoms with van der Waals surface area (Å²) >= 11 is 0. The molecule has 2 aromatic heterocycles. The molecule has 3 aromatic rings. The Morgan fingerprint density at radius 1 is 1.19 bits per heavy atom. The first kappa shape index (κ1) is 25.5. The molecule has 3 heterocycles. The van der Waals surface area contributed by atoms with E-state index >= 15 is 0 Å². The number of nitrogens with two attached hydrogens (primary N) is 1. The molecule has 1 saturated heterocycles. The predicted octanol–water partition coefficient (Wildman–Crippen LogP) is 3.84. The molecule has 1 fully saturated rings. The lowest BCUT2D eigenvalue weighted by atomic mass is 9.95. The molecule has 8 nitrogen and oxygen atoms in total. The van der Waals surface area contributed by atoms with E-state index in [1.807, 2.05) is 28.5 Å². The predicted molar refractivity (Wildman–Crippen MR) is 127 cm³/mol. The van der Waals surface area contributed by atoms with Crippen molar-refractivity contribution in [1.82, 2.24) is 24.4 Å². The second kappa shape index (κ2) is 10.2. The number of likely N-dealkylation sites (N-methyl/N-ethyl adjacent to an activating group) is 1. The second-order valence-electron chi connectivity index (χ2n) is 9.05. The minimum absolute atomic E-state index is 0.0403. The highest BCUT2D eigenvalue weighted by atomic mass is 19.4. The summed E-state index contributed by atoms with van der Waals surface area (Å²) < 4.78 is 55.6. The van der Waals surface area contributed by atoms with E-state index in [1.165, 1.54) is 12.4 Å². The summed E-state index contributed by atoms with van der Waals surface area (Å²) in [6, 6.07) is 2.95. The number of carbonyl (C=O) groups is 1. The monoisotopic (exact) mass is 505 g/mol.